The Bertz CT molecular complexity index is 810. The Balaban J connectivity index is 1.92. The highest BCUT2D eigenvalue weighted by Crippen LogP contribution is 2.37. The van der Waals surface area contributed by atoms with Crippen molar-refractivity contribution in [2.24, 2.45) is 4.99 Å². The molecule has 1 aliphatic rings. The Morgan fingerprint density at radius 2 is 1.81 bits per heavy atom. The number of aryl methyl sites for hydroxylation is 2. The van der Waals surface area contributed by atoms with E-state index in [1.165, 1.54) is 0 Å². The number of fused-ring (bicyclic) bond motifs is 1. The number of nitrogens with zero attached hydrogens (tertiary/aromatic N) is 1. The van der Waals surface area contributed by atoms with Gasteiger partial charge in [-0.3, -0.25) is 4.99 Å². The molecule has 6 heteroatoms. The van der Waals surface area contributed by atoms with Gasteiger partial charge in [0.25, 0.3) is 0 Å². The molecule has 1 unspecified atom stereocenters. The Kier molecular flexibility index (Phi) is 5.32. The van der Waals surface area contributed by atoms with Crippen molar-refractivity contribution in [1.29, 1.82) is 0 Å². The van der Waals surface area contributed by atoms with E-state index < -0.39 is 0 Å². The number of aromatic hydroxyl groups is 1. The average Bonchev–Trinajstić information content (AvgIpc) is 2.65. The summed E-state index contributed by atoms with van der Waals surface area (Å²) in [7, 11) is 3.27. The molecule has 1 aliphatic heterocycles. The maximum absolute atomic E-state index is 9.99. The van der Waals surface area contributed by atoms with Crippen molar-refractivity contribution in [3.8, 4) is 17.2 Å². The molecule has 26 heavy (non-hydrogen) atoms. The molecule has 6 nitrogen and oxygen atoms in total. The van der Waals surface area contributed by atoms with Gasteiger partial charge in [-0.05, 0) is 42.7 Å². The van der Waals surface area contributed by atoms with Gasteiger partial charge < -0.3 is 24.6 Å². The van der Waals surface area contributed by atoms with Gasteiger partial charge in [-0.2, -0.15) is 0 Å². The van der Waals surface area contributed by atoms with Crippen LogP contribution >= 0.6 is 0 Å². The third kappa shape index (κ3) is 3.60. The Labute approximate surface area is 153 Å². The van der Waals surface area contributed by atoms with Crippen molar-refractivity contribution in [1.82, 2.24) is 0 Å². The predicted molar refractivity (Wildman–Crippen MR) is 102 cm³/mol. The smallest absolute Gasteiger partial charge is 0.144 e. The first-order chi connectivity index (χ1) is 12.5. The van der Waals surface area contributed by atoms with Gasteiger partial charge in [0.2, 0.25) is 0 Å². The molecule has 2 aromatic carbocycles. The van der Waals surface area contributed by atoms with E-state index >= 15 is 0 Å². The normalized spacial score (nSPS) is 15.3. The van der Waals surface area contributed by atoms with Crippen molar-refractivity contribution in [2.75, 3.05) is 32.8 Å². The fourth-order valence-electron chi connectivity index (χ4n) is 2.98. The lowest BCUT2D eigenvalue weighted by Crippen LogP contribution is -2.16. The van der Waals surface area contributed by atoms with Crippen molar-refractivity contribution in [2.45, 2.75) is 20.0 Å². The summed E-state index contributed by atoms with van der Waals surface area (Å²) in [6.07, 6.45) is 1.58. The fourth-order valence-corrected chi connectivity index (χ4v) is 2.98. The number of phenolic OH excluding ortho intramolecular Hbond substituents is 1. The van der Waals surface area contributed by atoms with E-state index in [9.17, 15) is 5.11 Å². The Morgan fingerprint density at radius 3 is 2.46 bits per heavy atom. The molecule has 0 bridgehead atoms. The summed E-state index contributed by atoms with van der Waals surface area (Å²) in [6.45, 7) is 4.73. The minimum Gasteiger partial charge on any atom is -0.507 e. The summed E-state index contributed by atoms with van der Waals surface area (Å²) in [5.74, 6) is 1.73. The highest BCUT2D eigenvalue weighted by molar-refractivity contribution is 5.94. The second-order valence-electron chi connectivity index (χ2n) is 6.26. The predicted octanol–water partition coefficient (Wildman–Crippen LogP) is 3.59. The van der Waals surface area contributed by atoms with Crippen LogP contribution in [0.3, 0.4) is 0 Å². The minimum absolute atomic E-state index is 0.237. The van der Waals surface area contributed by atoms with Gasteiger partial charge in [0.15, 0.2) is 0 Å². The molecular formula is C20H24N2O4. The lowest BCUT2D eigenvalue weighted by molar-refractivity contribution is 0.146. The zero-order valence-corrected chi connectivity index (χ0v) is 15.5. The van der Waals surface area contributed by atoms with Gasteiger partial charge in [0.05, 0.1) is 25.0 Å². The molecule has 2 N–H and O–H groups in total. The lowest BCUT2D eigenvalue weighted by Gasteiger charge is -2.25. The topological polar surface area (TPSA) is 72.3 Å². The van der Waals surface area contributed by atoms with E-state index in [1.54, 1.807) is 14.2 Å². The first-order valence-electron chi connectivity index (χ1n) is 8.47. The van der Waals surface area contributed by atoms with E-state index in [-0.39, 0.29) is 6.17 Å². The van der Waals surface area contributed by atoms with E-state index in [0.29, 0.717) is 30.5 Å². The summed E-state index contributed by atoms with van der Waals surface area (Å²) < 4.78 is 16.3. The summed E-state index contributed by atoms with van der Waals surface area (Å²) in [6, 6.07) is 7.66. The van der Waals surface area contributed by atoms with Crippen molar-refractivity contribution in [3.05, 3.63) is 46.5 Å². The molecule has 0 saturated heterocycles. The molecule has 1 heterocycles. The number of aliphatic imine (C=N–C) groups is 1. The van der Waals surface area contributed by atoms with Crippen LogP contribution < -0.4 is 14.8 Å². The number of nitrogens with one attached hydrogen (secondary N) is 1. The van der Waals surface area contributed by atoms with Gasteiger partial charge in [-0.15, -0.1) is 0 Å². The molecule has 0 radical (unpaired) electrons. The van der Waals surface area contributed by atoms with Crippen LogP contribution in [-0.4, -0.2) is 38.8 Å². The van der Waals surface area contributed by atoms with E-state index in [2.05, 4.69) is 10.3 Å². The van der Waals surface area contributed by atoms with Crippen LogP contribution in [0, 0.1) is 13.8 Å². The molecule has 0 amide bonds. The first kappa shape index (κ1) is 18.1. The quantitative estimate of drug-likeness (QED) is 0.774. The number of rotatable bonds is 6. The van der Waals surface area contributed by atoms with Crippen LogP contribution in [0.1, 0.15) is 28.4 Å². The van der Waals surface area contributed by atoms with E-state index in [0.717, 1.165) is 27.9 Å². The van der Waals surface area contributed by atoms with Crippen LogP contribution in [0.5, 0.6) is 17.2 Å². The maximum Gasteiger partial charge on any atom is 0.144 e. The zero-order valence-electron chi connectivity index (χ0n) is 15.5. The van der Waals surface area contributed by atoms with Gasteiger partial charge in [-0.1, -0.05) is 0 Å². The third-order valence-electron chi connectivity index (χ3n) is 4.37. The number of ether oxygens (including phenoxy) is 3. The standard InChI is InChI=1S/C20H24N2O4/c1-12-7-14(8-13(2)19(12)23)20-21-11-16-17(22-20)9-15(25-4)10-18(16)26-6-5-24-3/h7-11,20,22-23H,5-6H2,1-4H3. The van der Waals surface area contributed by atoms with Crippen LogP contribution in [0.25, 0.3) is 0 Å². The van der Waals surface area contributed by atoms with Gasteiger partial charge in [0.1, 0.15) is 30.0 Å². The summed E-state index contributed by atoms with van der Waals surface area (Å²) >= 11 is 0. The molecule has 3 rings (SSSR count). The first-order valence-corrected chi connectivity index (χ1v) is 8.47. The van der Waals surface area contributed by atoms with Crippen LogP contribution in [0.2, 0.25) is 0 Å². The number of hydrogen-bond acceptors (Lipinski definition) is 6. The molecule has 0 fully saturated rings. The van der Waals surface area contributed by atoms with Crippen LogP contribution in [0.15, 0.2) is 29.3 Å². The van der Waals surface area contributed by atoms with Gasteiger partial charge >= 0.3 is 0 Å². The maximum atomic E-state index is 9.99. The number of phenols is 1. The number of anilines is 1. The van der Waals surface area contributed by atoms with Gasteiger partial charge in [0, 0.05) is 25.5 Å². The summed E-state index contributed by atoms with van der Waals surface area (Å²) in [5.41, 5.74) is 4.42. The second-order valence-corrected chi connectivity index (χ2v) is 6.26. The van der Waals surface area contributed by atoms with Crippen LogP contribution in [-0.2, 0) is 4.74 Å². The third-order valence-corrected chi connectivity index (χ3v) is 4.37. The molecule has 0 aliphatic carbocycles. The molecule has 2 aromatic rings. The van der Waals surface area contributed by atoms with Gasteiger partial charge in [-0.25, -0.2) is 0 Å². The Morgan fingerprint density at radius 1 is 1.08 bits per heavy atom. The average molecular weight is 356 g/mol. The monoisotopic (exact) mass is 356 g/mol. The SMILES string of the molecule is COCCOc1cc(OC)cc2c1C=NC(c1cc(C)c(O)c(C)c1)N2. The number of benzene rings is 2. The zero-order chi connectivity index (χ0) is 18.7. The molecule has 0 saturated carbocycles. The van der Waals surface area contributed by atoms with E-state index in [1.807, 2.05) is 44.3 Å². The molecule has 1 atom stereocenters. The molecule has 0 spiro atoms. The molecular weight excluding hydrogens is 332 g/mol. The molecule has 138 valence electrons. The largest absolute Gasteiger partial charge is 0.507 e. The minimum atomic E-state index is -0.237. The van der Waals surface area contributed by atoms with Crippen LogP contribution in [0.4, 0.5) is 5.69 Å². The molecule has 0 aromatic heterocycles. The van der Waals surface area contributed by atoms with E-state index in [4.69, 9.17) is 14.2 Å². The van der Waals surface area contributed by atoms with Crippen molar-refractivity contribution in [3.63, 3.8) is 0 Å². The number of methoxy groups -OCH3 is 2. The highest BCUT2D eigenvalue weighted by Gasteiger charge is 2.21. The highest BCUT2D eigenvalue weighted by atomic mass is 16.5. The lowest BCUT2D eigenvalue weighted by atomic mass is 10.0. The second kappa shape index (κ2) is 7.66. The van der Waals surface area contributed by atoms with Crippen molar-refractivity contribution >= 4 is 11.9 Å². The summed E-state index contributed by atoms with van der Waals surface area (Å²) in [5, 5.41) is 13.4. The summed E-state index contributed by atoms with van der Waals surface area (Å²) in [4.78, 5) is 4.63. The number of hydrogen-bond donors (Lipinski definition) is 2. The fraction of sp³-hybridized carbons (Fsp3) is 0.350. The van der Waals surface area contributed by atoms with Crippen molar-refractivity contribution < 1.29 is 19.3 Å². The Hall–Kier alpha value is -2.73.